The predicted molar refractivity (Wildman–Crippen MR) is 72.5 cm³/mol. The maximum Gasteiger partial charge on any atom is 0.149 e. The lowest BCUT2D eigenvalue weighted by Gasteiger charge is -2.29. The number of halogens is 2. The lowest BCUT2D eigenvalue weighted by atomic mass is 9.86. The van der Waals surface area contributed by atoms with Gasteiger partial charge in [0, 0.05) is 31.4 Å². The minimum Gasteiger partial charge on any atom is -0.303 e. The fourth-order valence-electron chi connectivity index (χ4n) is 2.25. The number of hydrogen-bond acceptors (Lipinski definition) is 4. The van der Waals surface area contributed by atoms with Crippen molar-refractivity contribution in [3.8, 4) is 0 Å². The van der Waals surface area contributed by atoms with Crippen LogP contribution in [0.2, 0.25) is 0 Å². The van der Waals surface area contributed by atoms with Crippen molar-refractivity contribution >= 4 is 0 Å². The van der Waals surface area contributed by atoms with Crippen molar-refractivity contribution < 1.29 is 8.78 Å². The summed E-state index contributed by atoms with van der Waals surface area (Å²) in [6, 6.07) is 1.62. The van der Waals surface area contributed by atoms with Crippen LogP contribution in [0.1, 0.15) is 32.6 Å². The second kappa shape index (κ2) is 5.40. The number of rotatable bonds is 5. The molecule has 0 radical (unpaired) electrons. The van der Waals surface area contributed by atoms with Crippen molar-refractivity contribution in [3.05, 3.63) is 29.9 Å². The number of nitrogens with zero attached hydrogens (tertiary/aromatic N) is 3. The highest BCUT2D eigenvalue weighted by Gasteiger charge is 2.35. The fraction of sp³-hybridized carbons (Fsp3) is 0.615. The van der Waals surface area contributed by atoms with E-state index < -0.39 is 17.8 Å². The van der Waals surface area contributed by atoms with Crippen molar-refractivity contribution in [2.24, 2.45) is 5.41 Å². The summed E-state index contributed by atoms with van der Waals surface area (Å²) in [6.07, 6.45) is 0.862. The van der Waals surface area contributed by atoms with Gasteiger partial charge < -0.3 is 5.43 Å². The second-order valence-electron chi connectivity index (χ2n) is 5.81. The first-order chi connectivity index (χ1) is 9.31. The third kappa shape index (κ3) is 2.92. The molecular weight excluding hydrogens is 264 g/mol. The van der Waals surface area contributed by atoms with Crippen LogP contribution in [0.25, 0.3) is 0 Å². The minimum absolute atomic E-state index is 0.299. The smallest absolute Gasteiger partial charge is 0.149 e. The summed E-state index contributed by atoms with van der Waals surface area (Å²) in [6.45, 7) is 5.35. The molecule has 0 bridgehead atoms. The van der Waals surface area contributed by atoms with Crippen molar-refractivity contribution in [2.75, 3.05) is 7.05 Å². The van der Waals surface area contributed by atoms with E-state index >= 15 is 0 Å². The third-order valence-corrected chi connectivity index (χ3v) is 3.38. The van der Waals surface area contributed by atoms with Crippen LogP contribution in [0.4, 0.5) is 8.78 Å². The van der Waals surface area contributed by atoms with Gasteiger partial charge in [0.1, 0.15) is 12.3 Å². The molecule has 0 spiro atoms. The highest BCUT2D eigenvalue weighted by atomic mass is 19.1. The Bertz CT molecular complexity index is 495. The Labute approximate surface area is 117 Å². The Morgan fingerprint density at radius 3 is 2.65 bits per heavy atom. The summed E-state index contributed by atoms with van der Waals surface area (Å²) in [4.78, 5) is 0. The maximum atomic E-state index is 14.7. The molecule has 2 N–H and O–H groups in total. The van der Waals surface area contributed by atoms with E-state index in [1.807, 2.05) is 0 Å². The van der Waals surface area contributed by atoms with E-state index in [9.17, 15) is 8.78 Å². The first-order valence-corrected chi connectivity index (χ1v) is 6.57. The molecule has 0 aliphatic carbocycles. The van der Waals surface area contributed by atoms with Gasteiger partial charge in [-0.3, -0.25) is 9.69 Å². The van der Waals surface area contributed by atoms with Crippen LogP contribution in [0.15, 0.2) is 24.2 Å². The van der Waals surface area contributed by atoms with Gasteiger partial charge in [-0.05, 0) is 13.0 Å². The molecule has 2 unspecified atom stereocenters. The van der Waals surface area contributed by atoms with E-state index in [2.05, 4.69) is 16.1 Å². The zero-order valence-electron chi connectivity index (χ0n) is 12.2. The monoisotopic (exact) mass is 285 g/mol. The highest BCUT2D eigenvalue weighted by molar-refractivity contribution is 5.12. The molecule has 20 heavy (non-hydrogen) atoms. The average molecular weight is 285 g/mol. The molecule has 0 aromatic carbocycles. The maximum absolute atomic E-state index is 14.7. The van der Waals surface area contributed by atoms with Gasteiger partial charge in [-0.25, -0.2) is 8.78 Å². The van der Waals surface area contributed by atoms with Crippen molar-refractivity contribution in [2.45, 2.75) is 39.7 Å². The molecule has 0 fully saturated rings. The number of alkyl halides is 2. The van der Waals surface area contributed by atoms with Crippen molar-refractivity contribution in [1.29, 1.82) is 0 Å². The third-order valence-electron chi connectivity index (χ3n) is 3.38. The normalized spacial score (nSPS) is 18.7. The van der Waals surface area contributed by atoms with Gasteiger partial charge in [0.05, 0.1) is 11.4 Å². The van der Waals surface area contributed by atoms with E-state index in [0.717, 1.165) is 0 Å². The largest absolute Gasteiger partial charge is 0.303 e. The van der Waals surface area contributed by atoms with Gasteiger partial charge in [-0.15, -0.1) is 5.53 Å². The van der Waals surface area contributed by atoms with Crippen LogP contribution in [-0.2, 0) is 6.54 Å². The molecule has 0 saturated heterocycles. The van der Waals surface area contributed by atoms with Crippen LogP contribution in [0, 0.1) is 5.41 Å². The topological polar surface area (TPSA) is 45.1 Å². The molecule has 112 valence electrons. The van der Waals surface area contributed by atoms with E-state index in [0.29, 0.717) is 17.9 Å². The molecule has 1 aromatic heterocycles. The van der Waals surface area contributed by atoms with Crippen LogP contribution in [0.5, 0.6) is 0 Å². The zero-order chi connectivity index (χ0) is 14.9. The zero-order valence-corrected chi connectivity index (χ0v) is 12.2. The van der Waals surface area contributed by atoms with Crippen molar-refractivity contribution in [3.63, 3.8) is 0 Å². The van der Waals surface area contributed by atoms with Gasteiger partial charge in [0.2, 0.25) is 0 Å². The summed E-state index contributed by atoms with van der Waals surface area (Å²) in [7, 11) is 1.77. The first-order valence-electron chi connectivity index (χ1n) is 6.57. The standard InChI is InChI=1S/C13H21F2N5/c1-9(14)11-5-6-16-20(11)8-13(2,3)12(15)10-7-19(4)18-17-10/h5-7,9,12,17-18H,8H2,1-4H3. The molecule has 1 aliphatic rings. The molecule has 2 rings (SSSR count). The van der Waals surface area contributed by atoms with Gasteiger partial charge in [-0.1, -0.05) is 13.8 Å². The van der Waals surface area contributed by atoms with Gasteiger partial charge in [0.25, 0.3) is 0 Å². The van der Waals surface area contributed by atoms with Crippen LogP contribution in [-0.4, -0.2) is 28.0 Å². The molecule has 0 amide bonds. The SMILES string of the molecule is CC(F)c1ccnn1CC(C)(C)C(F)C1=CN(C)NN1. The molecular formula is C13H21F2N5. The van der Waals surface area contributed by atoms with Crippen molar-refractivity contribution in [1.82, 2.24) is 25.7 Å². The quantitative estimate of drug-likeness (QED) is 0.869. The van der Waals surface area contributed by atoms with Gasteiger partial charge >= 0.3 is 0 Å². The van der Waals surface area contributed by atoms with Gasteiger partial charge in [0.15, 0.2) is 0 Å². The van der Waals surface area contributed by atoms with Gasteiger partial charge in [-0.2, -0.15) is 5.10 Å². The second-order valence-corrected chi connectivity index (χ2v) is 5.81. The lowest BCUT2D eigenvalue weighted by Crippen LogP contribution is -2.40. The summed E-state index contributed by atoms with van der Waals surface area (Å²) >= 11 is 0. The number of nitrogens with one attached hydrogen (secondary N) is 2. The summed E-state index contributed by atoms with van der Waals surface area (Å²) in [5, 5.41) is 5.73. The molecule has 1 aromatic rings. The van der Waals surface area contributed by atoms with E-state index in [4.69, 9.17) is 0 Å². The first kappa shape index (κ1) is 14.8. The van der Waals surface area contributed by atoms with Crippen LogP contribution in [0.3, 0.4) is 0 Å². The molecule has 5 nitrogen and oxygen atoms in total. The fourth-order valence-corrected chi connectivity index (χ4v) is 2.25. The van der Waals surface area contributed by atoms with Crippen LogP contribution < -0.4 is 11.0 Å². The minimum atomic E-state index is -1.22. The number of allylic oxidation sites excluding steroid dienone is 1. The predicted octanol–water partition coefficient (Wildman–Crippen LogP) is 2.07. The summed E-state index contributed by atoms with van der Waals surface area (Å²) in [5.41, 5.74) is 5.77. The molecule has 2 heterocycles. The Kier molecular flexibility index (Phi) is 3.99. The summed E-state index contributed by atoms with van der Waals surface area (Å²) in [5.74, 6) is 0. The van der Waals surface area contributed by atoms with E-state index in [1.54, 1.807) is 38.2 Å². The van der Waals surface area contributed by atoms with Crippen LogP contribution >= 0.6 is 0 Å². The Balaban J connectivity index is 2.14. The Hall–Kier alpha value is -1.63. The number of hydrogen-bond donors (Lipinski definition) is 2. The average Bonchev–Trinajstić information content (AvgIpc) is 2.96. The molecule has 1 aliphatic heterocycles. The Morgan fingerprint density at radius 2 is 2.10 bits per heavy atom. The molecule has 0 saturated carbocycles. The number of aromatic nitrogens is 2. The highest BCUT2D eigenvalue weighted by Crippen LogP contribution is 2.31. The van der Waals surface area contributed by atoms with E-state index in [1.165, 1.54) is 17.8 Å². The lowest BCUT2D eigenvalue weighted by molar-refractivity contribution is 0.135. The Morgan fingerprint density at radius 1 is 1.40 bits per heavy atom. The van der Waals surface area contributed by atoms with E-state index in [-0.39, 0.29) is 0 Å². The summed E-state index contributed by atoms with van der Waals surface area (Å²) < 4.78 is 29.6. The molecule has 7 heteroatoms. The number of hydrazine groups is 2. The molecule has 2 atom stereocenters.